The molecule has 1 aliphatic heterocycles. The second kappa shape index (κ2) is 12.0. The minimum atomic E-state index is -1.47. The Balaban J connectivity index is 2.20. The maximum atomic E-state index is 11.8. The van der Waals surface area contributed by atoms with Crippen molar-refractivity contribution in [1.82, 2.24) is 0 Å². The number of carbonyl (C=O) groups excluding carboxylic acids is 3. The fourth-order valence-corrected chi connectivity index (χ4v) is 2.79. The number of Topliss-reactive ketones (excluding diaryl/α,β-unsaturated/α-hetero) is 1. The monoisotopic (exact) mass is 358 g/mol. The Morgan fingerprint density at radius 3 is 2.20 bits per heavy atom. The number of unbranched alkanes of at least 4 members (excludes halogenated alkanes) is 8. The fourth-order valence-electron chi connectivity index (χ4n) is 2.79. The highest BCUT2D eigenvalue weighted by atomic mass is 16.6. The summed E-state index contributed by atoms with van der Waals surface area (Å²) in [6, 6.07) is 0. The van der Waals surface area contributed by atoms with Crippen LogP contribution in [-0.2, 0) is 23.9 Å². The second-order valence-corrected chi connectivity index (χ2v) is 6.47. The first-order valence-electron chi connectivity index (χ1n) is 9.24. The number of hydrogen-bond acceptors (Lipinski definition) is 7. The molecule has 0 aromatic heterocycles. The van der Waals surface area contributed by atoms with Gasteiger partial charge in [0, 0.05) is 6.42 Å². The lowest BCUT2D eigenvalue weighted by Gasteiger charge is -2.20. The van der Waals surface area contributed by atoms with E-state index in [1.54, 1.807) is 0 Å². The van der Waals surface area contributed by atoms with Crippen LogP contribution in [0, 0.1) is 0 Å². The summed E-state index contributed by atoms with van der Waals surface area (Å²) in [4.78, 5) is 34.7. The molecule has 0 aliphatic carbocycles. The van der Waals surface area contributed by atoms with Crippen LogP contribution in [0.5, 0.6) is 0 Å². The van der Waals surface area contributed by atoms with Crippen molar-refractivity contribution in [2.24, 2.45) is 0 Å². The summed E-state index contributed by atoms with van der Waals surface area (Å²) in [5, 5.41) is 18.5. The summed E-state index contributed by atoms with van der Waals surface area (Å²) in [6.45, 7) is 1.49. The molecular formula is C18H30O7. The Labute approximate surface area is 148 Å². The summed E-state index contributed by atoms with van der Waals surface area (Å²) >= 11 is 0. The Morgan fingerprint density at radius 2 is 1.64 bits per heavy atom. The molecular weight excluding hydrogens is 328 g/mol. The van der Waals surface area contributed by atoms with Gasteiger partial charge in [-0.3, -0.25) is 9.59 Å². The van der Waals surface area contributed by atoms with Gasteiger partial charge in [-0.1, -0.05) is 58.3 Å². The van der Waals surface area contributed by atoms with E-state index < -0.39 is 42.6 Å². The first-order chi connectivity index (χ1) is 12.0. The van der Waals surface area contributed by atoms with Crippen LogP contribution < -0.4 is 0 Å². The Bertz CT molecular complexity index is 435. The van der Waals surface area contributed by atoms with E-state index in [4.69, 9.17) is 9.84 Å². The van der Waals surface area contributed by atoms with Gasteiger partial charge in [0.1, 0.15) is 6.10 Å². The molecule has 0 saturated carbocycles. The molecule has 1 saturated heterocycles. The maximum Gasteiger partial charge on any atom is 0.379 e. The molecule has 25 heavy (non-hydrogen) atoms. The number of ether oxygens (including phenoxy) is 2. The van der Waals surface area contributed by atoms with E-state index in [1.165, 1.54) is 32.1 Å². The molecule has 7 nitrogen and oxygen atoms in total. The van der Waals surface area contributed by atoms with Gasteiger partial charge in [-0.25, -0.2) is 4.79 Å². The molecule has 1 aliphatic rings. The van der Waals surface area contributed by atoms with Crippen molar-refractivity contribution in [3.05, 3.63) is 0 Å². The van der Waals surface area contributed by atoms with Crippen LogP contribution in [0.3, 0.4) is 0 Å². The lowest BCUT2D eigenvalue weighted by molar-refractivity contribution is -0.160. The highest BCUT2D eigenvalue weighted by Crippen LogP contribution is 2.20. The molecule has 1 fully saturated rings. The third kappa shape index (κ3) is 7.52. The van der Waals surface area contributed by atoms with Gasteiger partial charge >= 0.3 is 11.9 Å². The van der Waals surface area contributed by atoms with Gasteiger partial charge in [0.05, 0.1) is 6.61 Å². The van der Waals surface area contributed by atoms with E-state index in [0.717, 1.165) is 19.3 Å². The van der Waals surface area contributed by atoms with E-state index in [2.05, 4.69) is 11.7 Å². The standard InChI is InChI=1S/C18H30O7/c1-2-3-4-5-6-7-8-9-10-11-14(21)24-17-15(22)18(23)25-16(17)13(20)12-19/h13,16-17,19-20H,2-12H2,1H3/t13-,16+,17?/m0/s1. The molecule has 1 rings (SSSR count). The molecule has 0 aromatic rings. The normalized spacial score (nSPS) is 21.2. The molecule has 2 N–H and O–H groups in total. The first-order valence-corrected chi connectivity index (χ1v) is 9.24. The lowest BCUT2D eigenvalue weighted by atomic mass is 10.1. The van der Waals surface area contributed by atoms with Crippen LogP contribution in [0.15, 0.2) is 0 Å². The molecule has 0 bridgehead atoms. The van der Waals surface area contributed by atoms with Gasteiger partial charge in [0.25, 0.3) is 5.78 Å². The number of rotatable bonds is 13. The van der Waals surface area contributed by atoms with Crippen LogP contribution in [0.25, 0.3) is 0 Å². The molecule has 144 valence electrons. The summed E-state index contributed by atoms with van der Waals surface area (Å²) in [5.41, 5.74) is 0. The topological polar surface area (TPSA) is 110 Å². The quantitative estimate of drug-likeness (QED) is 0.293. The average Bonchev–Trinajstić information content (AvgIpc) is 2.88. The van der Waals surface area contributed by atoms with Crippen molar-refractivity contribution in [2.75, 3.05) is 6.61 Å². The van der Waals surface area contributed by atoms with Gasteiger partial charge in [-0.2, -0.15) is 0 Å². The first kappa shape index (κ1) is 21.6. The molecule has 1 heterocycles. The lowest BCUT2D eigenvalue weighted by Crippen LogP contribution is -2.41. The summed E-state index contributed by atoms with van der Waals surface area (Å²) in [7, 11) is 0. The Kier molecular flexibility index (Phi) is 10.3. The SMILES string of the molecule is CCCCCCCCCCCC(=O)OC1C(=O)C(=O)O[C@@H]1[C@@H](O)CO. The molecule has 3 atom stereocenters. The number of aliphatic hydroxyl groups is 2. The molecule has 7 heteroatoms. The van der Waals surface area contributed by atoms with Crippen molar-refractivity contribution >= 4 is 17.7 Å². The minimum absolute atomic E-state index is 0.149. The molecule has 1 unspecified atom stereocenters. The van der Waals surface area contributed by atoms with Gasteiger partial charge in [-0.15, -0.1) is 0 Å². The number of aliphatic hydroxyl groups excluding tert-OH is 2. The van der Waals surface area contributed by atoms with Crippen LogP contribution >= 0.6 is 0 Å². The summed E-state index contributed by atoms with van der Waals surface area (Å²) in [6.07, 6.45) is 5.89. The highest BCUT2D eigenvalue weighted by molar-refractivity contribution is 6.37. The van der Waals surface area contributed by atoms with Crippen molar-refractivity contribution < 1.29 is 34.1 Å². The average molecular weight is 358 g/mol. The van der Waals surface area contributed by atoms with Gasteiger partial charge in [0.2, 0.25) is 6.10 Å². The van der Waals surface area contributed by atoms with Crippen molar-refractivity contribution in [3.63, 3.8) is 0 Å². The predicted molar refractivity (Wildman–Crippen MR) is 89.7 cm³/mol. The van der Waals surface area contributed by atoms with Gasteiger partial charge in [0.15, 0.2) is 6.10 Å². The number of hydrogen-bond donors (Lipinski definition) is 2. The fraction of sp³-hybridized carbons (Fsp3) is 0.833. The van der Waals surface area contributed by atoms with Crippen LogP contribution in [-0.4, -0.2) is 52.9 Å². The second-order valence-electron chi connectivity index (χ2n) is 6.47. The molecule has 0 spiro atoms. The summed E-state index contributed by atoms with van der Waals surface area (Å²) < 4.78 is 9.66. The van der Waals surface area contributed by atoms with Crippen LogP contribution in [0.4, 0.5) is 0 Å². The van der Waals surface area contributed by atoms with Crippen molar-refractivity contribution in [2.45, 2.75) is 89.4 Å². The molecule has 0 amide bonds. The Hall–Kier alpha value is -1.47. The predicted octanol–water partition coefficient (Wildman–Crippen LogP) is 1.67. The molecule has 0 aromatic carbocycles. The number of carbonyl (C=O) groups is 3. The van der Waals surface area contributed by atoms with Crippen molar-refractivity contribution in [1.29, 1.82) is 0 Å². The van der Waals surface area contributed by atoms with E-state index >= 15 is 0 Å². The Morgan fingerprint density at radius 1 is 1.08 bits per heavy atom. The van der Waals surface area contributed by atoms with Gasteiger partial charge in [-0.05, 0) is 6.42 Å². The minimum Gasteiger partial charge on any atom is -0.450 e. The van der Waals surface area contributed by atoms with E-state index in [0.29, 0.717) is 6.42 Å². The zero-order valence-electron chi connectivity index (χ0n) is 14.9. The van der Waals surface area contributed by atoms with E-state index in [1.807, 2.05) is 0 Å². The summed E-state index contributed by atoms with van der Waals surface area (Å²) in [5.74, 6) is -2.76. The number of cyclic esters (lactones) is 1. The zero-order valence-corrected chi connectivity index (χ0v) is 14.9. The maximum absolute atomic E-state index is 11.8. The molecule has 0 radical (unpaired) electrons. The third-order valence-corrected chi connectivity index (χ3v) is 4.31. The van der Waals surface area contributed by atoms with E-state index in [9.17, 15) is 19.5 Å². The van der Waals surface area contributed by atoms with Gasteiger partial charge < -0.3 is 19.7 Å². The van der Waals surface area contributed by atoms with Crippen LogP contribution in [0.1, 0.15) is 71.1 Å². The largest absolute Gasteiger partial charge is 0.450 e. The van der Waals surface area contributed by atoms with E-state index in [-0.39, 0.29) is 6.42 Å². The zero-order chi connectivity index (χ0) is 18.7. The van der Waals surface area contributed by atoms with Crippen LogP contribution in [0.2, 0.25) is 0 Å². The third-order valence-electron chi connectivity index (χ3n) is 4.31. The number of ketones is 1. The highest BCUT2D eigenvalue weighted by Gasteiger charge is 2.49. The van der Waals surface area contributed by atoms with Crippen molar-refractivity contribution in [3.8, 4) is 0 Å². The smallest absolute Gasteiger partial charge is 0.379 e. The number of esters is 2.